The van der Waals surface area contributed by atoms with Crippen molar-refractivity contribution in [2.45, 2.75) is 46.3 Å². The van der Waals surface area contributed by atoms with Crippen LogP contribution in [0.1, 0.15) is 33.4 Å². The first kappa shape index (κ1) is 15.4. The third-order valence-electron chi connectivity index (χ3n) is 1.98. The lowest BCUT2D eigenvalue weighted by molar-refractivity contribution is -0.117. The van der Waals surface area contributed by atoms with E-state index in [2.05, 4.69) is 15.6 Å². The molecule has 7 heteroatoms. The molecule has 2 N–H and O–H groups in total. The van der Waals surface area contributed by atoms with Crippen LogP contribution in [0.3, 0.4) is 0 Å². The SMILES string of the molecule is Cc1csc(NC(=O)C(C)NC(=O)OC(C)(C)C)n1. The number of nitrogens with one attached hydrogen (secondary N) is 2. The number of nitrogens with zero attached hydrogens (tertiary/aromatic N) is 1. The van der Waals surface area contributed by atoms with Crippen LogP contribution in [0.5, 0.6) is 0 Å². The van der Waals surface area contributed by atoms with E-state index in [4.69, 9.17) is 4.74 Å². The first-order valence-electron chi connectivity index (χ1n) is 5.90. The number of carbonyl (C=O) groups excluding carboxylic acids is 2. The van der Waals surface area contributed by atoms with Crippen molar-refractivity contribution in [2.24, 2.45) is 0 Å². The Morgan fingerprint density at radius 3 is 2.53 bits per heavy atom. The van der Waals surface area contributed by atoms with Crippen LogP contribution in [-0.4, -0.2) is 28.6 Å². The molecule has 2 amide bonds. The molecule has 0 aliphatic rings. The average Bonchev–Trinajstić information content (AvgIpc) is 2.60. The molecule has 0 spiro atoms. The standard InChI is InChI=1S/C12H19N3O3S/c1-7-6-19-10(13-7)15-9(16)8(2)14-11(17)18-12(3,4)5/h6,8H,1-5H3,(H,14,17)(H,13,15,16). The molecular weight excluding hydrogens is 266 g/mol. The minimum absolute atomic E-state index is 0.333. The van der Waals surface area contributed by atoms with E-state index < -0.39 is 17.7 Å². The Morgan fingerprint density at radius 2 is 2.05 bits per heavy atom. The van der Waals surface area contributed by atoms with Crippen LogP contribution in [0.2, 0.25) is 0 Å². The predicted octanol–water partition coefficient (Wildman–Crippen LogP) is 2.30. The number of hydrogen-bond acceptors (Lipinski definition) is 5. The van der Waals surface area contributed by atoms with Crippen LogP contribution < -0.4 is 10.6 Å². The van der Waals surface area contributed by atoms with Gasteiger partial charge in [-0.1, -0.05) is 0 Å². The summed E-state index contributed by atoms with van der Waals surface area (Å²) < 4.78 is 5.07. The van der Waals surface area contributed by atoms with Crippen molar-refractivity contribution < 1.29 is 14.3 Å². The van der Waals surface area contributed by atoms with Gasteiger partial charge in [0.15, 0.2) is 5.13 Å². The molecule has 0 aromatic carbocycles. The molecule has 1 aromatic rings. The highest BCUT2D eigenvalue weighted by Gasteiger charge is 2.21. The molecule has 0 saturated heterocycles. The molecule has 19 heavy (non-hydrogen) atoms. The zero-order valence-corrected chi connectivity index (χ0v) is 12.6. The number of hydrogen-bond donors (Lipinski definition) is 2. The van der Waals surface area contributed by atoms with Gasteiger partial charge in [-0.05, 0) is 34.6 Å². The summed E-state index contributed by atoms with van der Waals surface area (Å²) in [7, 11) is 0. The number of carbonyl (C=O) groups is 2. The largest absolute Gasteiger partial charge is 0.444 e. The first-order chi connectivity index (χ1) is 8.67. The summed E-state index contributed by atoms with van der Waals surface area (Å²) in [6, 6.07) is -0.695. The van der Waals surface area contributed by atoms with Gasteiger partial charge in [-0.2, -0.15) is 0 Å². The first-order valence-corrected chi connectivity index (χ1v) is 6.78. The van der Waals surface area contributed by atoms with Crippen LogP contribution in [-0.2, 0) is 9.53 Å². The number of alkyl carbamates (subject to hydrolysis) is 1. The van der Waals surface area contributed by atoms with Gasteiger partial charge in [-0.3, -0.25) is 4.79 Å². The van der Waals surface area contributed by atoms with E-state index in [-0.39, 0.29) is 5.91 Å². The Morgan fingerprint density at radius 1 is 1.42 bits per heavy atom. The number of aryl methyl sites for hydroxylation is 1. The van der Waals surface area contributed by atoms with Gasteiger partial charge < -0.3 is 15.4 Å². The maximum Gasteiger partial charge on any atom is 0.408 e. The molecule has 6 nitrogen and oxygen atoms in total. The topological polar surface area (TPSA) is 80.3 Å². The van der Waals surface area contributed by atoms with Crippen LogP contribution in [0.25, 0.3) is 0 Å². The summed E-state index contributed by atoms with van der Waals surface area (Å²) in [6.07, 6.45) is -0.620. The number of rotatable bonds is 3. The smallest absolute Gasteiger partial charge is 0.408 e. The molecule has 1 aromatic heterocycles. The van der Waals surface area contributed by atoms with Gasteiger partial charge in [0, 0.05) is 5.38 Å². The molecule has 1 unspecified atom stereocenters. The number of aromatic nitrogens is 1. The average molecular weight is 285 g/mol. The predicted molar refractivity (Wildman–Crippen MR) is 74.3 cm³/mol. The van der Waals surface area contributed by atoms with Gasteiger partial charge in [0.1, 0.15) is 11.6 Å². The van der Waals surface area contributed by atoms with Gasteiger partial charge in [-0.25, -0.2) is 9.78 Å². The van der Waals surface area contributed by atoms with E-state index in [9.17, 15) is 9.59 Å². The maximum atomic E-state index is 11.8. The van der Waals surface area contributed by atoms with Crippen LogP contribution in [0, 0.1) is 6.92 Å². The van der Waals surface area contributed by atoms with Crippen molar-refractivity contribution in [3.8, 4) is 0 Å². The molecule has 0 aliphatic carbocycles. The van der Waals surface area contributed by atoms with E-state index in [0.717, 1.165) is 5.69 Å². The molecule has 0 bridgehead atoms. The number of thiazole rings is 1. The zero-order valence-electron chi connectivity index (χ0n) is 11.7. The zero-order chi connectivity index (χ0) is 14.6. The lowest BCUT2D eigenvalue weighted by atomic mass is 10.2. The van der Waals surface area contributed by atoms with Crippen molar-refractivity contribution in [1.82, 2.24) is 10.3 Å². The Balaban J connectivity index is 2.47. The summed E-state index contributed by atoms with van der Waals surface area (Å²) in [4.78, 5) is 27.4. The summed E-state index contributed by atoms with van der Waals surface area (Å²) >= 11 is 1.34. The molecule has 0 fully saturated rings. The quantitative estimate of drug-likeness (QED) is 0.893. The highest BCUT2D eigenvalue weighted by molar-refractivity contribution is 7.13. The summed E-state index contributed by atoms with van der Waals surface area (Å²) in [5.41, 5.74) is 0.250. The third kappa shape index (κ3) is 5.69. The van der Waals surface area contributed by atoms with E-state index in [1.54, 1.807) is 27.7 Å². The fourth-order valence-electron chi connectivity index (χ4n) is 1.17. The van der Waals surface area contributed by atoms with Gasteiger partial charge in [-0.15, -0.1) is 11.3 Å². The van der Waals surface area contributed by atoms with Gasteiger partial charge in [0.2, 0.25) is 5.91 Å². The van der Waals surface area contributed by atoms with Crippen molar-refractivity contribution in [3.63, 3.8) is 0 Å². The second-order valence-electron chi connectivity index (χ2n) is 5.15. The maximum absolute atomic E-state index is 11.8. The minimum Gasteiger partial charge on any atom is -0.444 e. The van der Waals surface area contributed by atoms with Gasteiger partial charge in [0.05, 0.1) is 5.69 Å². The molecule has 1 rings (SSSR count). The number of anilines is 1. The molecule has 1 heterocycles. The van der Waals surface area contributed by atoms with E-state index >= 15 is 0 Å². The van der Waals surface area contributed by atoms with E-state index in [1.807, 2.05) is 12.3 Å². The lowest BCUT2D eigenvalue weighted by Crippen LogP contribution is -2.43. The van der Waals surface area contributed by atoms with Crippen molar-refractivity contribution in [3.05, 3.63) is 11.1 Å². The lowest BCUT2D eigenvalue weighted by Gasteiger charge is -2.21. The van der Waals surface area contributed by atoms with Crippen LogP contribution >= 0.6 is 11.3 Å². The monoisotopic (exact) mass is 285 g/mol. The van der Waals surface area contributed by atoms with E-state index in [1.165, 1.54) is 11.3 Å². The molecule has 0 radical (unpaired) electrons. The van der Waals surface area contributed by atoms with Crippen molar-refractivity contribution >= 4 is 28.5 Å². The third-order valence-corrected chi connectivity index (χ3v) is 2.85. The fourth-order valence-corrected chi connectivity index (χ4v) is 1.87. The number of amides is 2. The van der Waals surface area contributed by atoms with Crippen LogP contribution in [0.4, 0.5) is 9.93 Å². The van der Waals surface area contributed by atoms with Crippen molar-refractivity contribution in [1.29, 1.82) is 0 Å². The molecule has 106 valence electrons. The highest BCUT2D eigenvalue weighted by Crippen LogP contribution is 2.14. The van der Waals surface area contributed by atoms with Gasteiger partial charge in [0.25, 0.3) is 0 Å². The highest BCUT2D eigenvalue weighted by atomic mass is 32.1. The second kappa shape index (κ2) is 6.01. The minimum atomic E-state index is -0.695. The molecule has 0 aliphatic heterocycles. The Hall–Kier alpha value is -1.63. The van der Waals surface area contributed by atoms with Gasteiger partial charge >= 0.3 is 6.09 Å². The summed E-state index contributed by atoms with van der Waals surface area (Å²) in [6.45, 7) is 8.70. The van der Waals surface area contributed by atoms with Crippen LogP contribution in [0.15, 0.2) is 5.38 Å². The number of ether oxygens (including phenoxy) is 1. The second-order valence-corrected chi connectivity index (χ2v) is 6.01. The Kier molecular flexibility index (Phi) is 4.88. The Labute approximate surface area is 116 Å². The molecular formula is C12H19N3O3S. The normalized spacial score (nSPS) is 12.7. The fraction of sp³-hybridized carbons (Fsp3) is 0.583. The molecule has 0 saturated carbocycles. The van der Waals surface area contributed by atoms with Crippen molar-refractivity contribution in [2.75, 3.05) is 5.32 Å². The molecule has 1 atom stereocenters. The summed E-state index contributed by atoms with van der Waals surface area (Å²) in [5, 5.41) is 7.44. The van der Waals surface area contributed by atoms with E-state index in [0.29, 0.717) is 5.13 Å². The Bertz CT molecular complexity index is 465. The summed E-state index contributed by atoms with van der Waals surface area (Å²) in [5.74, 6) is -0.333.